The molecule has 0 aliphatic carbocycles. The molecule has 1 atom stereocenters. The Kier molecular flexibility index (Phi) is 4.60. The zero-order valence-corrected chi connectivity index (χ0v) is 12.9. The fourth-order valence-corrected chi connectivity index (χ4v) is 2.68. The average Bonchev–Trinajstić information content (AvgIpc) is 2.93. The second-order valence-corrected chi connectivity index (χ2v) is 5.44. The molecule has 2 rings (SSSR count). The quantitative estimate of drug-likeness (QED) is 0.872. The summed E-state index contributed by atoms with van der Waals surface area (Å²) in [4.78, 5) is 0. The van der Waals surface area contributed by atoms with Crippen molar-refractivity contribution < 1.29 is 0 Å². The molecule has 2 aromatic rings. The second-order valence-electron chi connectivity index (χ2n) is 5.44. The summed E-state index contributed by atoms with van der Waals surface area (Å²) in [5, 5.41) is 9.00. The number of aryl methyl sites for hydroxylation is 2. The van der Waals surface area contributed by atoms with Gasteiger partial charge < -0.3 is 5.73 Å². The van der Waals surface area contributed by atoms with E-state index in [1.807, 2.05) is 24.1 Å². The lowest BCUT2D eigenvalue weighted by Gasteiger charge is -2.09. The lowest BCUT2D eigenvalue weighted by Crippen LogP contribution is -2.19. The van der Waals surface area contributed by atoms with Gasteiger partial charge >= 0.3 is 0 Å². The predicted octanol–water partition coefficient (Wildman–Crippen LogP) is 1.68. The van der Waals surface area contributed by atoms with Gasteiger partial charge in [-0.25, -0.2) is 0 Å². The van der Waals surface area contributed by atoms with Gasteiger partial charge in [-0.05, 0) is 31.7 Å². The first-order valence-electron chi connectivity index (χ1n) is 7.35. The van der Waals surface area contributed by atoms with Crippen LogP contribution in [0, 0.1) is 0 Å². The molecule has 0 aromatic carbocycles. The zero-order valence-electron chi connectivity index (χ0n) is 12.9. The molecule has 0 spiro atoms. The van der Waals surface area contributed by atoms with Crippen LogP contribution in [-0.4, -0.2) is 25.6 Å². The third-order valence-corrected chi connectivity index (χ3v) is 3.54. The summed E-state index contributed by atoms with van der Waals surface area (Å²) in [5.74, 6) is 0. The summed E-state index contributed by atoms with van der Waals surface area (Å²) in [6.07, 6.45) is 6.78. The second kappa shape index (κ2) is 6.22. The highest BCUT2D eigenvalue weighted by atomic mass is 15.3. The summed E-state index contributed by atoms with van der Waals surface area (Å²) >= 11 is 0. The van der Waals surface area contributed by atoms with Gasteiger partial charge in [0, 0.05) is 30.5 Å². The maximum absolute atomic E-state index is 5.99. The van der Waals surface area contributed by atoms with E-state index in [0.717, 1.165) is 25.8 Å². The van der Waals surface area contributed by atoms with Crippen LogP contribution in [0.15, 0.2) is 12.4 Å². The Morgan fingerprint density at radius 1 is 1.30 bits per heavy atom. The van der Waals surface area contributed by atoms with Crippen molar-refractivity contribution in [3.63, 3.8) is 0 Å². The molecule has 0 aliphatic heterocycles. The van der Waals surface area contributed by atoms with Crippen LogP contribution in [0.3, 0.4) is 0 Å². The highest BCUT2D eigenvalue weighted by Gasteiger charge is 2.16. The average molecular weight is 275 g/mol. The Labute approximate surface area is 120 Å². The number of nitrogens with two attached hydrogens (primary N) is 1. The highest BCUT2D eigenvalue weighted by molar-refractivity contribution is 5.28. The molecule has 5 nitrogen and oxygen atoms in total. The smallest absolute Gasteiger partial charge is 0.0693 e. The van der Waals surface area contributed by atoms with Crippen molar-refractivity contribution in [3.05, 3.63) is 34.9 Å². The zero-order chi connectivity index (χ0) is 14.7. The molecule has 1 unspecified atom stereocenters. The van der Waals surface area contributed by atoms with E-state index < -0.39 is 0 Å². The van der Waals surface area contributed by atoms with Crippen molar-refractivity contribution in [1.82, 2.24) is 19.6 Å². The predicted molar refractivity (Wildman–Crippen MR) is 80.6 cm³/mol. The third-order valence-electron chi connectivity index (χ3n) is 3.54. The van der Waals surface area contributed by atoms with Crippen molar-refractivity contribution in [3.8, 4) is 0 Å². The molecular formula is C15H25N5. The van der Waals surface area contributed by atoms with Gasteiger partial charge in [0.1, 0.15) is 0 Å². The molecule has 0 saturated carbocycles. The fourth-order valence-electron chi connectivity index (χ4n) is 2.68. The van der Waals surface area contributed by atoms with Crippen LogP contribution in [0.1, 0.15) is 43.3 Å². The molecule has 0 bridgehead atoms. The third kappa shape index (κ3) is 3.10. The van der Waals surface area contributed by atoms with E-state index in [1.54, 1.807) is 0 Å². The number of nitrogens with zero attached hydrogens (tertiary/aromatic N) is 4. The van der Waals surface area contributed by atoms with Crippen LogP contribution in [-0.2, 0) is 32.9 Å². The van der Waals surface area contributed by atoms with Crippen LogP contribution in [0.5, 0.6) is 0 Å². The molecule has 110 valence electrons. The summed E-state index contributed by atoms with van der Waals surface area (Å²) in [6.45, 7) is 7.17. The van der Waals surface area contributed by atoms with Crippen LogP contribution in [0.2, 0.25) is 0 Å². The molecule has 0 fully saturated rings. The summed E-state index contributed by atoms with van der Waals surface area (Å²) in [7, 11) is 1.94. The topological polar surface area (TPSA) is 61.7 Å². The van der Waals surface area contributed by atoms with Crippen molar-refractivity contribution in [2.24, 2.45) is 12.8 Å². The van der Waals surface area contributed by atoms with Gasteiger partial charge in [0.25, 0.3) is 0 Å². The Balaban J connectivity index is 2.34. The van der Waals surface area contributed by atoms with Crippen LogP contribution >= 0.6 is 0 Å². The lowest BCUT2D eigenvalue weighted by molar-refractivity contribution is 0.637. The van der Waals surface area contributed by atoms with E-state index in [-0.39, 0.29) is 6.04 Å². The molecule has 2 heterocycles. The van der Waals surface area contributed by atoms with Gasteiger partial charge in [-0.1, -0.05) is 13.8 Å². The minimum atomic E-state index is 0.168. The number of rotatable bonds is 6. The Morgan fingerprint density at radius 2 is 2.05 bits per heavy atom. The van der Waals surface area contributed by atoms with Crippen molar-refractivity contribution in [1.29, 1.82) is 0 Å². The molecule has 0 amide bonds. The first-order chi connectivity index (χ1) is 9.55. The molecule has 2 N–H and O–H groups in total. The fraction of sp³-hybridized carbons (Fsp3) is 0.600. The van der Waals surface area contributed by atoms with E-state index in [4.69, 9.17) is 10.8 Å². The number of hydrogen-bond acceptors (Lipinski definition) is 3. The highest BCUT2D eigenvalue weighted by Crippen LogP contribution is 2.19. The normalized spacial score (nSPS) is 12.8. The molecule has 0 saturated heterocycles. The molecule has 0 radical (unpaired) electrons. The van der Waals surface area contributed by atoms with Gasteiger partial charge in [-0.15, -0.1) is 0 Å². The van der Waals surface area contributed by atoms with Gasteiger partial charge in [0.2, 0.25) is 0 Å². The molecular weight excluding hydrogens is 250 g/mol. The van der Waals surface area contributed by atoms with E-state index >= 15 is 0 Å². The first-order valence-corrected chi connectivity index (χ1v) is 7.35. The number of hydrogen-bond donors (Lipinski definition) is 1. The summed E-state index contributed by atoms with van der Waals surface area (Å²) in [6, 6.07) is 0.168. The van der Waals surface area contributed by atoms with E-state index in [0.29, 0.717) is 0 Å². The van der Waals surface area contributed by atoms with Crippen LogP contribution < -0.4 is 5.73 Å². The lowest BCUT2D eigenvalue weighted by atomic mass is 10.0. The minimum Gasteiger partial charge on any atom is -0.328 e. The first kappa shape index (κ1) is 14.8. The number of aromatic nitrogens is 4. The van der Waals surface area contributed by atoms with Gasteiger partial charge in [-0.2, -0.15) is 10.2 Å². The Morgan fingerprint density at radius 3 is 2.55 bits per heavy atom. The van der Waals surface area contributed by atoms with E-state index in [1.165, 1.54) is 22.5 Å². The van der Waals surface area contributed by atoms with Gasteiger partial charge in [-0.3, -0.25) is 9.36 Å². The monoisotopic (exact) mass is 275 g/mol. The Bertz CT molecular complexity index is 565. The van der Waals surface area contributed by atoms with Crippen LogP contribution in [0.4, 0.5) is 0 Å². The molecule has 5 heteroatoms. The largest absolute Gasteiger partial charge is 0.328 e. The van der Waals surface area contributed by atoms with E-state index in [9.17, 15) is 0 Å². The van der Waals surface area contributed by atoms with Gasteiger partial charge in [0.05, 0.1) is 18.4 Å². The van der Waals surface area contributed by atoms with Crippen LogP contribution in [0.25, 0.3) is 0 Å². The van der Waals surface area contributed by atoms with Crippen molar-refractivity contribution in [2.75, 3.05) is 0 Å². The molecule has 2 aromatic heterocycles. The van der Waals surface area contributed by atoms with Crippen molar-refractivity contribution >= 4 is 0 Å². The maximum atomic E-state index is 5.99. The summed E-state index contributed by atoms with van der Waals surface area (Å²) in [5.41, 5.74) is 11.0. The minimum absolute atomic E-state index is 0.168. The molecule has 20 heavy (non-hydrogen) atoms. The molecule has 0 aliphatic rings. The maximum Gasteiger partial charge on any atom is 0.0693 e. The standard InChI is InChI=1S/C15H25N5/c1-5-14-13(7-11(3)16)15(6-2)20(18-14)10-12-8-17-19(4)9-12/h8-9,11H,5-7,10,16H2,1-4H3. The van der Waals surface area contributed by atoms with Crippen molar-refractivity contribution in [2.45, 2.75) is 52.6 Å². The SMILES string of the molecule is CCc1nn(Cc2cnn(C)c2)c(CC)c1CC(C)N. The van der Waals surface area contributed by atoms with E-state index in [2.05, 4.69) is 30.6 Å². The van der Waals surface area contributed by atoms with Gasteiger partial charge in [0.15, 0.2) is 0 Å². The summed E-state index contributed by atoms with van der Waals surface area (Å²) < 4.78 is 3.95. The Hall–Kier alpha value is -1.62.